The van der Waals surface area contributed by atoms with Crippen LogP contribution in [0, 0.1) is 0 Å². The number of hydrogen-bond donors (Lipinski definition) is 0. The Bertz CT molecular complexity index is 710. The largest absolute Gasteiger partial charge is 0.462 e. The van der Waals surface area contributed by atoms with Crippen LogP contribution in [0.2, 0.25) is 0 Å². The van der Waals surface area contributed by atoms with E-state index in [4.69, 9.17) is 9.15 Å². The highest BCUT2D eigenvalue weighted by atomic mass is 32.1. The Morgan fingerprint density at radius 3 is 2.84 bits per heavy atom. The number of carbonyl (C=O) groups is 1. The Hall–Kier alpha value is -2.07. The van der Waals surface area contributed by atoms with Gasteiger partial charge in [-0.3, -0.25) is 0 Å². The smallest absolute Gasteiger partial charge is 0.342 e. The molecular formula is C15H12O3S. The van der Waals surface area contributed by atoms with Gasteiger partial charge in [0.1, 0.15) is 11.1 Å². The van der Waals surface area contributed by atoms with E-state index in [-0.39, 0.29) is 5.97 Å². The number of thiophene rings is 1. The van der Waals surface area contributed by atoms with Crippen molar-refractivity contribution in [3.05, 3.63) is 47.3 Å². The third-order valence-corrected chi connectivity index (χ3v) is 3.69. The summed E-state index contributed by atoms with van der Waals surface area (Å²) in [6.45, 7) is 2.15. The second-order valence-electron chi connectivity index (χ2n) is 4.00. The number of furan rings is 1. The highest BCUT2D eigenvalue weighted by Crippen LogP contribution is 2.36. The quantitative estimate of drug-likeness (QED) is 0.666. The third kappa shape index (κ3) is 2.04. The van der Waals surface area contributed by atoms with Crippen molar-refractivity contribution in [2.24, 2.45) is 0 Å². The molecule has 0 N–H and O–H groups in total. The first-order valence-corrected chi connectivity index (χ1v) is 6.91. The molecule has 0 fully saturated rings. The summed E-state index contributed by atoms with van der Waals surface area (Å²) < 4.78 is 11.0. The van der Waals surface area contributed by atoms with Crippen molar-refractivity contribution in [3.63, 3.8) is 0 Å². The van der Waals surface area contributed by atoms with Crippen LogP contribution in [0.15, 0.2) is 46.2 Å². The SMILES string of the molecule is CCOC(=O)c1c(-c2cccs2)oc2ccccc12. The van der Waals surface area contributed by atoms with Crippen LogP contribution in [-0.4, -0.2) is 12.6 Å². The Morgan fingerprint density at radius 2 is 2.11 bits per heavy atom. The molecule has 96 valence electrons. The van der Waals surface area contributed by atoms with Crippen molar-refractivity contribution in [2.75, 3.05) is 6.61 Å². The molecule has 2 aromatic heterocycles. The molecular weight excluding hydrogens is 260 g/mol. The van der Waals surface area contributed by atoms with Gasteiger partial charge in [-0.25, -0.2) is 4.79 Å². The first-order chi connectivity index (χ1) is 9.31. The van der Waals surface area contributed by atoms with E-state index >= 15 is 0 Å². The summed E-state index contributed by atoms with van der Waals surface area (Å²) in [5.74, 6) is 0.255. The average Bonchev–Trinajstić information content (AvgIpc) is 3.06. The molecule has 0 saturated heterocycles. The lowest BCUT2D eigenvalue weighted by Crippen LogP contribution is -2.04. The maximum absolute atomic E-state index is 12.2. The molecule has 0 atom stereocenters. The molecule has 1 aromatic carbocycles. The number of hydrogen-bond acceptors (Lipinski definition) is 4. The van der Waals surface area contributed by atoms with Crippen molar-refractivity contribution in [1.82, 2.24) is 0 Å². The zero-order valence-electron chi connectivity index (χ0n) is 10.4. The fraction of sp³-hybridized carbons (Fsp3) is 0.133. The standard InChI is InChI=1S/C15H12O3S/c1-2-17-15(16)13-10-6-3-4-7-11(10)18-14(13)12-8-5-9-19-12/h3-9H,2H2,1H3. The van der Waals surface area contributed by atoms with Crippen molar-refractivity contribution in [3.8, 4) is 10.6 Å². The van der Waals surface area contributed by atoms with Gasteiger partial charge in [0.25, 0.3) is 0 Å². The van der Waals surface area contributed by atoms with Crippen LogP contribution in [0.1, 0.15) is 17.3 Å². The van der Waals surface area contributed by atoms with Crippen LogP contribution in [0.3, 0.4) is 0 Å². The average molecular weight is 272 g/mol. The number of ether oxygens (including phenoxy) is 1. The van der Waals surface area contributed by atoms with Gasteiger partial charge < -0.3 is 9.15 Å². The zero-order valence-corrected chi connectivity index (χ0v) is 11.2. The normalized spacial score (nSPS) is 10.8. The molecule has 2 heterocycles. The van der Waals surface area contributed by atoms with E-state index in [0.717, 1.165) is 10.3 Å². The lowest BCUT2D eigenvalue weighted by molar-refractivity contribution is 0.0529. The first kappa shape index (κ1) is 12.0. The number of carbonyl (C=O) groups excluding carboxylic acids is 1. The Labute approximate surface area is 114 Å². The van der Waals surface area contributed by atoms with Crippen molar-refractivity contribution in [2.45, 2.75) is 6.92 Å². The molecule has 3 rings (SSSR count). The van der Waals surface area contributed by atoms with Gasteiger partial charge in [0.05, 0.1) is 11.5 Å². The van der Waals surface area contributed by atoms with Crippen molar-refractivity contribution >= 4 is 28.3 Å². The molecule has 0 aliphatic carbocycles. The fourth-order valence-electron chi connectivity index (χ4n) is 2.03. The van der Waals surface area contributed by atoms with E-state index in [1.54, 1.807) is 6.92 Å². The molecule has 0 amide bonds. The van der Waals surface area contributed by atoms with E-state index in [9.17, 15) is 4.79 Å². The van der Waals surface area contributed by atoms with Gasteiger partial charge in [-0.2, -0.15) is 0 Å². The summed E-state index contributed by atoms with van der Waals surface area (Å²) in [4.78, 5) is 13.1. The minimum Gasteiger partial charge on any atom is -0.462 e. The number of benzene rings is 1. The minimum absolute atomic E-state index is 0.337. The molecule has 0 unspecified atom stereocenters. The van der Waals surface area contributed by atoms with Gasteiger partial charge >= 0.3 is 5.97 Å². The summed E-state index contributed by atoms with van der Waals surface area (Å²) in [6.07, 6.45) is 0. The van der Waals surface area contributed by atoms with Crippen molar-refractivity contribution < 1.29 is 13.9 Å². The van der Waals surface area contributed by atoms with Gasteiger partial charge in [-0.15, -0.1) is 11.3 Å². The highest BCUT2D eigenvalue weighted by Gasteiger charge is 2.23. The van der Waals surface area contributed by atoms with Crippen molar-refractivity contribution in [1.29, 1.82) is 0 Å². The third-order valence-electron chi connectivity index (χ3n) is 2.82. The monoisotopic (exact) mass is 272 g/mol. The number of fused-ring (bicyclic) bond motifs is 1. The minimum atomic E-state index is -0.337. The Kier molecular flexibility index (Phi) is 3.09. The van der Waals surface area contributed by atoms with Crippen LogP contribution in [0.5, 0.6) is 0 Å². The molecule has 0 bridgehead atoms. The Morgan fingerprint density at radius 1 is 1.26 bits per heavy atom. The predicted octanol–water partition coefficient (Wildman–Crippen LogP) is 4.34. The second kappa shape index (κ2) is 4.90. The molecule has 3 nitrogen and oxygen atoms in total. The molecule has 0 spiro atoms. The summed E-state index contributed by atoms with van der Waals surface area (Å²) in [6, 6.07) is 11.4. The molecule has 0 aliphatic rings. The summed E-state index contributed by atoms with van der Waals surface area (Å²) >= 11 is 1.54. The van der Waals surface area contributed by atoms with E-state index in [0.29, 0.717) is 23.5 Å². The van der Waals surface area contributed by atoms with Gasteiger partial charge in [-0.05, 0) is 24.4 Å². The van der Waals surface area contributed by atoms with Crippen LogP contribution in [0.25, 0.3) is 21.6 Å². The zero-order chi connectivity index (χ0) is 13.2. The van der Waals surface area contributed by atoms with E-state index in [2.05, 4.69) is 0 Å². The van der Waals surface area contributed by atoms with Gasteiger partial charge in [-0.1, -0.05) is 24.3 Å². The van der Waals surface area contributed by atoms with Crippen LogP contribution >= 0.6 is 11.3 Å². The Balaban J connectivity index is 2.25. The summed E-state index contributed by atoms with van der Waals surface area (Å²) in [7, 11) is 0. The highest BCUT2D eigenvalue weighted by molar-refractivity contribution is 7.13. The number of para-hydroxylation sites is 1. The first-order valence-electron chi connectivity index (χ1n) is 6.03. The molecule has 0 radical (unpaired) electrons. The molecule has 19 heavy (non-hydrogen) atoms. The fourth-order valence-corrected chi connectivity index (χ4v) is 2.74. The maximum Gasteiger partial charge on any atom is 0.342 e. The predicted molar refractivity (Wildman–Crippen MR) is 75.5 cm³/mol. The molecule has 0 saturated carbocycles. The second-order valence-corrected chi connectivity index (χ2v) is 4.95. The number of rotatable bonds is 3. The van der Waals surface area contributed by atoms with Gasteiger partial charge in [0.2, 0.25) is 0 Å². The van der Waals surface area contributed by atoms with E-state index in [1.165, 1.54) is 11.3 Å². The lowest BCUT2D eigenvalue weighted by Gasteiger charge is -2.01. The maximum atomic E-state index is 12.2. The van der Waals surface area contributed by atoms with Crippen LogP contribution < -0.4 is 0 Å². The van der Waals surface area contributed by atoms with E-state index in [1.807, 2.05) is 41.8 Å². The molecule has 4 heteroatoms. The van der Waals surface area contributed by atoms with Gasteiger partial charge in [0.15, 0.2) is 5.76 Å². The lowest BCUT2D eigenvalue weighted by atomic mass is 10.1. The van der Waals surface area contributed by atoms with Crippen LogP contribution in [0.4, 0.5) is 0 Å². The number of esters is 1. The molecule has 0 aliphatic heterocycles. The van der Waals surface area contributed by atoms with Crippen LogP contribution in [-0.2, 0) is 4.74 Å². The van der Waals surface area contributed by atoms with E-state index < -0.39 is 0 Å². The summed E-state index contributed by atoms with van der Waals surface area (Å²) in [5.41, 5.74) is 1.22. The topological polar surface area (TPSA) is 39.4 Å². The van der Waals surface area contributed by atoms with Gasteiger partial charge in [0, 0.05) is 5.39 Å². The summed E-state index contributed by atoms with van der Waals surface area (Å²) in [5, 5.41) is 2.75. The molecule has 3 aromatic rings.